The third kappa shape index (κ3) is 4.38. The van der Waals surface area contributed by atoms with Crippen LogP contribution in [0.25, 0.3) is 0 Å². The number of benzene rings is 1. The van der Waals surface area contributed by atoms with Crippen LogP contribution in [0.15, 0.2) is 18.2 Å². The first-order chi connectivity index (χ1) is 9.99. The van der Waals surface area contributed by atoms with Crippen LogP contribution in [0, 0.1) is 0 Å². The maximum atomic E-state index is 6.71. The van der Waals surface area contributed by atoms with Gasteiger partial charge in [0.25, 0.3) is 0 Å². The second-order valence-corrected chi connectivity index (χ2v) is 13.2. The summed E-state index contributed by atoms with van der Waals surface area (Å²) in [5.74, 6) is 1.12. The van der Waals surface area contributed by atoms with Crippen LogP contribution in [-0.4, -0.2) is 8.32 Å². The van der Waals surface area contributed by atoms with Crippen LogP contribution in [0.4, 0.5) is 0 Å². The maximum Gasteiger partial charge on any atom is 0.250 e. The van der Waals surface area contributed by atoms with Gasteiger partial charge in [-0.15, -0.1) is 0 Å². The summed E-state index contributed by atoms with van der Waals surface area (Å²) in [6.07, 6.45) is 0. The smallest absolute Gasteiger partial charge is 0.250 e. The molecule has 0 aliphatic rings. The average Bonchev–Trinajstić information content (AvgIpc) is 2.43. The molecule has 0 aromatic heterocycles. The van der Waals surface area contributed by atoms with E-state index in [1.165, 1.54) is 29.3 Å². The summed E-state index contributed by atoms with van der Waals surface area (Å²) < 4.78 is 6.71. The molecule has 0 spiro atoms. The summed E-state index contributed by atoms with van der Waals surface area (Å²) in [7, 11) is -1.63. The Bertz CT molecular complexity index is 479. The molecule has 22 heavy (non-hydrogen) atoms. The van der Waals surface area contributed by atoms with Crippen molar-refractivity contribution in [1.82, 2.24) is 0 Å². The fraction of sp³-hybridized carbons (Fsp3) is 0.700. The summed E-state index contributed by atoms with van der Waals surface area (Å²) in [6, 6.07) is 10.4. The van der Waals surface area contributed by atoms with E-state index in [4.69, 9.17) is 4.43 Å². The van der Waals surface area contributed by atoms with Gasteiger partial charge in [0.2, 0.25) is 8.32 Å². The van der Waals surface area contributed by atoms with Crippen molar-refractivity contribution >= 4 is 8.32 Å². The zero-order valence-electron chi connectivity index (χ0n) is 16.3. The van der Waals surface area contributed by atoms with Crippen molar-refractivity contribution < 1.29 is 4.43 Å². The second-order valence-electron chi connectivity index (χ2n) is 8.56. The van der Waals surface area contributed by atoms with Crippen molar-refractivity contribution in [2.75, 3.05) is 0 Å². The third-order valence-electron chi connectivity index (χ3n) is 4.91. The molecule has 0 N–H and O–H groups in total. The van der Waals surface area contributed by atoms with Crippen molar-refractivity contribution in [2.45, 2.75) is 91.3 Å². The van der Waals surface area contributed by atoms with Gasteiger partial charge in [-0.25, -0.2) is 0 Å². The Labute approximate surface area is 139 Å². The Morgan fingerprint density at radius 1 is 0.818 bits per heavy atom. The van der Waals surface area contributed by atoms with Gasteiger partial charge in [0.1, 0.15) is 5.75 Å². The molecule has 0 radical (unpaired) electrons. The van der Waals surface area contributed by atoms with E-state index in [9.17, 15) is 0 Å². The predicted molar refractivity (Wildman–Crippen MR) is 102 cm³/mol. The highest BCUT2D eigenvalue weighted by atomic mass is 28.4. The normalized spacial score (nSPS) is 13.3. The van der Waals surface area contributed by atoms with Crippen molar-refractivity contribution in [1.29, 1.82) is 0 Å². The molecule has 0 aliphatic carbocycles. The highest BCUT2D eigenvalue weighted by molar-refractivity contribution is 6.74. The Balaban J connectivity index is 3.36. The minimum Gasteiger partial charge on any atom is -0.543 e. The van der Waals surface area contributed by atoms with Gasteiger partial charge in [0, 0.05) is 0 Å². The van der Waals surface area contributed by atoms with Gasteiger partial charge in [-0.1, -0.05) is 74.4 Å². The monoisotopic (exact) mass is 320 g/mol. The number of hydrogen-bond donors (Lipinski definition) is 0. The zero-order valence-corrected chi connectivity index (χ0v) is 17.3. The van der Waals surface area contributed by atoms with Crippen LogP contribution in [0.2, 0.25) is 18.1 Å². The van der Waals surface area contributed by atoms with Gasteiger partial charge < -0.3 is 4.43 Å². The number of hydrogen-bond acceptors (Lipinski definition) is 1. The second kappa shape index (κ2) is 6.78. The topological polar surface area (TPSA) is 9.23 Å². The van der Waals surface area contributed by atoms with Crippen LogP contribution < -0.4 is 4.43 Å². The summed E-state index contributed by atoms with van der Waals surface area (Å²) in [6.45, 7) is 20.6. The maximum absolute atomic E-state index is 6.71. The zero-order chi connectivity index (χ0) is 17.2. The molecule has 0 aliphatic heterocycles. The van der Waals surface area contributed by atoms with E-state index >= 15 is 0 Å². The molecule has 0 saturated heterocycles. The van der Waals surface area contributed by atoms with Gasteiger partial charge in [-0.2, -0.15) is 0 Å². The van der Waals surface area contributed by atoms with Crippen LogP contribution in [-0.2, 0) is 10.8 Å². The molecule has 1 aromatic rings. The van der Waals surface area contributed by atoms with Gasteiger partial charge in [-0.05, 0) is 46.2 Å². The molecule has 126 valence electrons. The molecule has 0 heterocycles. The first-order valence-electron chi connectivity index (χ1n) is 8.83. The molecule has 2 heteroatoms. The summed E-state index contributed by atoms with van der Waals surface area (Å²) in [5, 5.41) is 0. The lowest BCUT2D eigenvalue weighted by Crippen LogP contribution is -2.40. The van der Waals surface area contributed by atoms with E-state index in [0.717, 1.165) is 5.75 Å². The molecule has 0 amide bonds. The van der Waals surface area contributed by atoms with Gasteiger partial charge in [0.15, 0.2) is 0 Å². The lowest BCUT2D eigenvalue weighted by Gasteiger charge is -2.34. The van der Waals surface area contributed by atoms with Crippen LogP contribution in [0.3, 0.4) is 0 Å². The lowest BCUT2D eigenvalue weighted by molar-refractivity contribution is 0.490. The van der Waals surface area contributed by atoms with E-state index in [2.05, 4.69) is 80.5 Å². The van der Waals surface area contributed by atoms with E-state index in [1.807, 2.05) is 0 Å². The highest BCUT2D eigenvalue weighted by Crippen LogP contribution is 2.38. The third-order valence-corrected chi connectivity index (χ3v) is 9.43. The molecule has 0 saturated carbocycles. The van der Waals surface area contributed by atoms with Crippen molar-refractivity contribution in [3.05, 3.63) is 29.3 Å². The molecule has 0 atom stereocenters. The molecule has 0 bridgehead atoms. The van der Waals surface area contributed by atoms with Crippen LogP contribution >= 0.6 is 0 Å². The fourth-order valence-electron chi connectivity index (χ4n) is 2.87. The van der Waals surface area contributed by atoms with E-state index in [-0.39, 0.29) is 10.8 Å². The van der Waals surface area contributed by atoms with Gasteiger partial charge in [-0.3, -0.25) is 0 Å². The SMILES string of the molecule is CC[Si](CC)(CC)Oc1ccc(C(C)(C)C)cc1C(C)(C)C. The highest BCUT2D eigenvalue weighted by Gasteiger charge is 2.33. The first kappa shape index (κ1) is 19.3. The van der Waals surface area contributed by atoms with E-state index < -0.39 is 8.32 Å². The van der Waals surface area contributed by atoms with Crippen LogP contribution in [0.1, 0.15) is 73.4 Å². The standard InChI is InChI=1S/C20H36OSi/c1-10-22(11-2,12-3)21-18-14-13-16(19(4,5)6)15-17(18)20(7,8)9/h13-15H,10-12H2,1-9H3. The molecule has 1 nitrogen and oxygen atoms in total. The lowest BCUT2D eigenvalue weighted by atomic mass is 9.80. The van der Waals surface area contributed by atoms with Crippen molar-refractivity contribution in [2.24, 2.45) is 0 Å². The Morgan fingerprint density at radius 2 is 1.32 bits per heavy atom. The van der Waals surface area contributed by atoms with Gasteiger partial charge in [0.05, 0.1) is 0 Å². The largest absolute Gasteiger partial charge is 0.543 e. The van der Waals surface area contributed by atoms with E-state index in [1.54, 1.807) is 0 Å². The Kier molecular flexibility index (Phi) is 5.94. The van der Waals surface area contributed by atoms with Gasteiger partial charge >= 0.3 is 0 Å². The quantitative estimate of drug-likeness (QED) is 0.551. The Hall–Kier alpha value is -0.763. The summed E-state index contributed by atoms with van der Waals surface area (Å²) >= 11 is 0. The molecular weight excluding hydrogens is 284 g/mol. The average molecular weight is 321 g/mol. The minimum absolute atomic E-state index is 0.103. The molecular formula is C20H36OSi. The fourth-order valence-corrected chi connectivity index (χ4v) is 5.45. The van der Waals surface area contributed by atoms with Crippen molar-refractivity contribution in [3.63, 3.8) is 0 Å². The summed E-state index contributed by atoms with van der Waals surface area (Å²) in [4.78, 5) is 0. The van der Waals surface area contributed by atoms with E-state index in [0.29, 0.717) is 0 Å². The molecule has 0 unspecified atom stereocenters. The number of rotatable bonds is 5. The predicted octanol–water partition coefficient (Wildman–Crippen LogP) is 6.67. The minimum atomic E-state index is -1.63. The van der Waals surface area contributed by atoms with Crippen molar-refractivity contribution in [3.8, 4) is 5.75 Å². The Morgan fingerprint density at radius 3 is 1.68 bits per heavy atom. The molecule has 0 fully saturated rings. The first-order valence-corrected chi connectivity index (χ1v) is 11.4. The molecule has 1 rings (SSSR count). The van der Waals surface area contributed by atoms with Crippen LogP contribution in [0.5, 0.6) is 5.75 Å². The molecule has 1 aromatic carbocycles. The summed E-state index contributed by atoms with van der Waals surface area (Å²) in [5.41, 5.74) is 3.02.